The smallest absolute Gasteiger partial charge is 0.215 e. The van der Waals surface area contributed by atoms with Gasteiger partial charge in [-0.3, -0.25) is 0 Å². The topological polar surface area (TPSA) is 53.1 Å². The van der Waals surface area contributed by atoms with Crippen molar-refractivity contribution < 1.29 is 4.74 Å². The molecule has 1 aliphatic carbocycles. The quantitative estimate of drug-likeness (QED) is 0.860. The third-order valence-electron chi connectivity index (χ3n) is 4.12. The number of ether oxygens (including phenoxy) is 1. The van der Waals surface area contributed by atoms with Crippen molar-refractivity contribution in [3.05, 3.63) is 11.3 Å². The van der Waals surface area contributed by atoms with Crippen LogP contribution in [0.25, 0.3) is 0 Å². The normalized spacial score (nSPS) is 16.8. The van der Waals surface area contributed by atoms with Crippen molar-refractivity contribution in [2.45, 2.75) is 64.3 Å². The first-order valence-electron chi connectivity index (χ1n) is 7.66. The molecule has 1 aliphatic rings. The lowest BCUT2D eigenvalue weighted by molar-refractivity contribution is 0.278. The van der Waals surface area contributed by atoms with E-state index in [2.05, 4.69) is 11.6 Å². The Bertz CT molecular complexity index is 394. The average molecular weight is 265 g/mol. The fraction of sp³-hybridized carbons (Fsp3) is 0.800. The van der Waals surface area contributed by atoms with Crippen molar-refractivity contribution in [2.75, 3.05) is 13.7 Å². The Hall–Kier alpha value is -1.03. The Morgan fingerprint density at radius 3 is 2.63 bits per heavy atom. The molecule has 0 unspecified atom stereocenters. The van der Waals surface area contributed by atoms with Gasteiger partial charge in [0.2, 0.25) is 5.88 Å². The molecular weight excluding hydrogens is 238 g/mol. The van der Waals surface area contributed by atoms with E-state index in [0.717, 1.165) is 31.7 Å². The van der Waals surface area contributed by atoms with Crippen molar-refractivity contribution in [1.29, 1.82) is 0 Å². The minimum Gasteiger partial charge on any atom is -0.481 e. The summed E-state index contributed by atoms with van der Waals surface area (Å²) in [5.41, 5.74) is 8.11. The number of hydrogen-bond donors (Lipinski definition) is 1. The van der Waals surface area contributed by atoms with Gasteiger partial charge in [0.15, 0.2) is 0 Å². The lowest BCUT2D eigenvalue weighted by Crippen LogP contribution is -2.15. The van der Waals surface area contributed by atoms with Crippen LogP contribution in [0.5, 0.6) is 5.88 Å². The van der Waals surface area contributed by atoms with Crippen LogP contribution in [0.1, 0.15) is 62.7 Å². The minimum atomic E-state index is 0.528. The highest BCUT2D eigenvalue weighted by Crippen LogP contribution is 2.34. The van der Waals surface area contributed by atoms with Crippen molar-refractivity contribution >= 4 is 0 Å². The van der Waals surface area contributed by atoms with Gasteiger partial charge in [0.05, 0.1) is 18.8 Å². The van der Waals surface area contributed by atoms with Gasteiger partial charge in [-0.05, 0) is 38.6 Å². The first-order chi connectivity index (χ1) is 9.31. The van der Waals surface area contributed by atoms with Crippen LogP contribution < -0.4 is 10.5 Å². The van der Waals surface area contributed by atoms with Crippen LogP contribution >= 0.6 is 0 Å². The van der Waals surface area contributed by atoms with Crippen LogP contribution in [-0.4, -0.2) is 23.4 Å². The maximum Gasteiger partial charge on any atom is 0.215 e. The molecule has 0 bridgehead atoms. The molecule has 108 valence electrons. The Morgan fingerprint density at radius 1 is 1.32 bits per heavy atom. The number of aryl methyl sites for hydroxylation is 1. The van der Waals surface area contributed by atoms with Crippen molar-refractivity contribution in [1.82, 2.24) is 9.78 Å². The zero-order valence-corrected chi connectivity index (χ0v) is 12.3. The van der Waals surface area contributed by atoms with Crippen molar-refractivity contribution in [3.63, 3.8) is 0 Å². The summed E-state index contributed by atoms with van der Waals surface area (Å²) in [7, 11) is 1.77. The molecular formula is C15H27N3O. The standard InChI is InChI=1S/C15H27N3O/c1-3-14-13(10-7-11-16)15(19-2)18(17-14)12-8-5-4-6-9-12/h12H,3-11,16H2,1-2H3. The fourth-order valence-corrected chi connectivity index (χ4v) is 3.10. The molecule has 1 saturated carbocycles. The summed E-state index contributed by atoms with van der Waals surface area (Å²) in [5, 5.41) is 4.83. The second kappa shape index (κ2) is 6.94. The highest BCUT2D eigenvalue weighted by Gasteiger charge is 2.24. The zero-order valence-electron chi connectivity index (χ0n) is 12.3. The molecule has 2 N–H and O–H groups in total. The summed E-state index contributed by atoms with van der Waals surface area (Å²) in [6.45, 7) is 2.89. The predicted molar refractivity (Wildman–Crippen MR) is 77.7 cm³/mol. The molecule has 0 saturated heterocycles. The van der Waals surface area contributed by atoms with Crippen molar-refractivity contribution in [3.8, 4) is 5.88 Å². The Balaban J connectivity index is 2.28. The molecule has 0 amide bonds. The van der Waals surface area contributed by atoms with Gasteiger partial charge in [-0.1, -0.05) is 26.2 Å². The average Bonchev–Trinajstić information content (AvgIpc) is 2.83. The van der Waals surface area contributed by atoms with Gasteiger partial charge in [0.25, 0.3) is 0 Å². The molecule has 2 rings (SSSR count). The van der Waals surface area contributed by atoms with E-state index in [0.29, 0.717) is 6.04 Å². The van der Waals surface area contributed by atoms with Gasteiger partial charge in [0, 0.05) is 5.56 Å². The maximum atomic E-state index is 5.67. The molecule has 1 fully saturated rings. The largest absolute Gasteiger partial charge is 0.481 e. The van der Waals surface area contributed by atoms with Gasteiger partial charge in [-0.2, -0.15) is 5.10 Å². The molecule has 4 nitrogen and oxygen atoms in total. The van der Waals surface area contributed by atoms with E-state index in [9.17, 15) is 0 Å². The highest BCUT2D eigenvalue weighted by molar-refractivity contribution is 5.32. The first kappa shape index (κ1) is 14.4. The van der Waals surface area contributed by atoms with Crippen LogP contribution in [0.3, 0.4) is 0 Å². The lowest BCUT2D eigenvalue weighted by Gasteiger charge is -2.23. The molecule has 0 radical (unpaired) electrons. The molecule has 4 heteroatoms. The monoisotopic (exact) mass is 265 g/mol. The second-order valence-electron chi connectivity index (χ2n) is 5.42. The number of nitrogens with two attached hydrogens (primary N) is 1. The van der Waals surface area contributed by atoms with Gasteiger partial charge in [-0.25, -0.2) is 4.68 Å². The van der Waals surface area contributed by atoms with Gasteiger partial charge >= 0.3 is 0 Å². The van der Waals surface area contributed by atoms with E-state index in [1.165, 1.54) is 43.4 Å². The lowest BCUT2D eigenvalue weighted by atomic mass is 9.95. The highest BCUT2D eigenvalue weighted by atomic mass is 16.5. The second-order valence-corrected chi connectivity index (χ2v) is 5.42. The van der Waals surface area contributed by atoms with Gasteiger partial charge in [0.1, 0.15) is 0 Å². The van der Waals surface area contributed by atoms with Crippen LogP contribution in [0.4, 0.5) is 0 Å². The van der Waals surface area contributed by atoms with E-state index >= 15 is 0 Å². The van der Waals surface area contributed by atoms with E-state index in [1.807, 2.05) is 0 Å². The van der Waals surface area contributed by atoms with E-state index in [1.54, 1.807) is 7.11 Å². The fourth-order valence-electron chi connectivity index (χ4n) is 3.10. The van der Waals surface area contributed by atoms with E-state index < -0.39 is 0 Å². The third-order valence-corrected chi connectivity index (χ3v) is 4.12. The molecule has 0 spiro atoms. The van der Waals surface area contributed by atoms with Crippen LogP contribution in [-0.2, 0) is 12.8 Å². The number of aromatic nitrogens is 2. The summed E-state index contributed by atoms with van der Waals surface area (Å²) in [6, 6.07) is 0.528. The summed E-state index contributed by atoms with van der Waals surface area (Å²) in [5.74, 6) is 0.984. The molecule has 0 aromatic carbocycles. The molecule has 0 atom stereocenters. The first-order valence-corrected chi connectivity index (χ1v) is 7.66. The van der Waals surface area contributed by atoms with Crippen molar-refractivity contribution in [2.24, 2.45) is 5.73 Å². The predicted octanol–water partition coefficient (Wildman–Crippen LogP) is 2.85. The summed E-state index contributed by atoms with van der Waals surface area (Å²) in [6.07, 6.45) is 9.40. The summed E-state index contributed by atoms with van der Waals surface area (Å²) >= 11 is 0. The van der Waals surface area contributed by atoms with Crippen LogP contribution in [0.2, 0.25) is 0 Å². The summed E-state index contributed by atoms with van der Waals surface area (Å²) < 4.78 is 7.83. The van der Waals surface area contributed by atoms with Gasteiger partial charge in [-0.15, -0.1) is 0 Å². The maximum absolute atomic E-state index is 5.67. The third kappa shape index (κ3) is 3.11. The van der Waals surface area contributed by atoms with Crippen LogP contribution in [0.15, 0.2) is 0 Å². The Kier molecular flexibility index (Phi) is 5.25. The zero-order chi connectivity index (χ0) is 13.7. The Morgan fingerprint density at radius 2 is 2.05 bits per heavy atom. The molecule has 1 aromatic heterocycles. The molecule has 1 heterocycles. The molecule has 19 heavy (non-hydrogen) atoms. The number of methoxy groups -OCH3 is 1. The van der Waals surface area contributed by atoms with E-state index in [4.69, 9.17) is 15.6 Å². The molecule has 0 aliphatic heterocycles. The van der Waals surface area contributed by atoms with E-state index in [-0.39, 0.29) is 0 Å². The SMILES string of the molecule is CCc1nn(C2CCCCC2)c(OC)c1CCCN. The van der Waals surface area contributed by atoms with Gasteiger partial charge < -0.3 is 10.5 Å². The number of nitrogens with zero attached hydrogens (tertiary/aromatic N) is 2. The Labute approximate surface area is 116 Å². The number of rotatable bonds is 6. The minimum absolute atomic E-state index is 0.528. The van der Waals surface area contributed by atoms with Crippen LogP contribution in [0, 0.1) is 0 Å². The summed E-state index contributed by atoms with van der Waals surface area (Å²) in [4.78, 5) is 0. The number of hydrogen-bond acceptors (Lipinski definition) is 3. The molecule has 1 aromatic rings.